The largest absolute Gasteiger partial charge is 0.379 e. The summed E-state index contributed by atoms with van der Waals surface area (Å²) in [5.74, 6) is 0.356. The molecule has 0 atom stereocenters. The second-order valence-corrected chi connectivity index (χ2v) is 5.97. The highest BCUT2D eigenvalue weighted by Gasteiger charge is 2.20. The van der Waals surface area contributed by atoms with Crippen molar-refractivity contribution in [3.05, 3.63) is 41.8 Å². The first-order valence-corrected chi connectivity index (χ1v) is 6.40. The van der Waals surface area contributed by atoms with Crippen LogP contribution in [-0.4, -0.2) is 8.42 Å². The van der Waals surface area contributed by atoms with E-state index in [1.165, 1.54) is 0 Å². The quantitative estimate of drug-likeness (QED) is 0.763. The van der Waals surface area contributed by atoms with Gasteiger partial charge in [0, 0.05) is 5.56 Å². The molecule has 0 radical (unpaired) electrons. The smallest absolute Gasteiger partial charge is 0.331 e. The number of hydrogen-bond donors (Lipinski definition) is 0. The van der Waals surface area contributed by atoms with E-state index in [4.69, 9.17) is 4.18 Å². The first-order chi connectivity index (χ1) is 7.26. The van der Waals surface area contributed by atoms with Gasteiger partial charge < -0.3 is 4.18 Å². The van der Waals surface area contributed by atoms with E-state index in [9.17, 15) is 8.42 Å². The van der Waals surface area contributed by atoms with Crippen molar-refractivity contribution < 1.29 is 12.6 Å². The Morgan fingerprint density at radius 3 is 2.31 bits per heavy atom. The molecule has 3 nitrogen and oxygen atoms in total. The van der Waals surface area contributed by atoms with Crippen LogP contribution in [0.2, 0.25) is 0 Å². The van der Waals surface area contributed by atoms with Gasteiger partial charge >= 0.3 is 10.1 Å². The molecule has 4 heteroatoms. The van der Waals surface area contributed by atoms with Crippen molar-refractivity contribution in [3.63, 3.8) is 0 Å². The van der Waals surface area contributed by atoms with Crippen LogP contribution in [0.1, 0.15) is 26.3 Å². The maximum absolute atomic E-state index is 11.3. The van der Waals surface area contributed by atoms with Gasteiger partial charge in [-0.2, -0.15) is 8.42 Å². The molecule has 0 unspecified atom stereocenters. The van der Waals surface area contributed by atoms with E-state index in [1.807, 2.05) is 32.9 Å². The Morgan fingerprint density at radius 1 is 1.25 bits per heavy atom. The van der Waals surface area contributed by atoms with Crippen molar-refractivity contribution in [1.82, 2.24) is 0 Å². The van der Waals surface area contributed by atoms with Crippen molar-refractivity contribution in [3.8, 4) is 5.75 Å². The van der Waals surface area contributed by atoms with Crippen LogP contribution in [0.3, 0.4) is 0 Å². The van der Waals surface area contributed by atoms with E-state index in [1.54, 1.807) is 12.1 Å². The molecule has 0 heterocycles. The van der Waals surface area contributed by atoms with Gasteiger partial charge in [-0.3, -0.25) is 0 Å². The van der Waals surface area contributed by atoms with Gasteiger partial charge in [-0.25, -0.2) is 0 Å². The minimum Gasteiger partial charge on any atom is -0.379 e. The summed E-state index contributed by atoms with van der Waals surface area (Å²) in [5.41, 5.74) is 0.674. The van der Waals surface area contributed by atoms with Gasteiger partial charge in [-0.05, 0) is 11.5 Å². The Balaban J connectivity index is 3.21. The van der Waals surface area contributed by atoms with Crippen molar-refractivity contribution in [2.75, 3.05) is 0 Å². The van der Waals surface area contributed by atoms with Crippen LogP contribution in [-0.2, 0) is 15.5 Å². The summed E-state index contributed by atoms with van der Waals surface area (Å²) < 4.78 is 27.6. The number of para-hydroxylation sites is 1. The molecule has 88 valence electrons. The van der Waals surface area contributed by atoms with Crippen LogP contribution in [0.25, 0.3) is 0 Å². The summed E-state index contributed by atoms with van der Waals surface area (Å²) in [7, 11) is -3.69. The van der Waals surface area contributed by atoms with Crippen LogP contribution in [0.4, 0.5) is 0 Å². The fraction of sp³-hybridized carbons (Fsp3) is 0.333. The van der Waals surface area contributed by atoms with Crippen LogP contribution >= 0.6 is 0 Å². The average Bonchev–Trinajstić information content (AvgIpc) is 2.16. The molecule has 0 aliphatic carbocycles. The lowest BCUT2D eigenvalue weighted by molar-refractivity contribution is 0.479. The molecular weight excluding hydrogens is 224 g/mol. The molecule has 0 amide bonds. The molecule has 1 rings (SSSR count). The van der Waals surface area contributed by atoms with Gasteiger partial charge in [0.1, 0.15) is 5.75 Å². The van der Waals surface area contributed by atoms with Crippen LogP contribution in [0.15, 0.2) is 36.3 Å². The van der Waals surface area contributed by atoms with E-state index in [-0.39, 0.29) is 5.41 Å². The van der Waals surface area contributed by atoms with Gasteiger partial charge in [0.05, 0.1) is 5.41 Å². The lowest BCUT2D eigenvalue weighted by Gasteiger charge is -2.21. The van der Waals surface area contributed by atoms with Gasteiger partial charge in [0.15, 0.2) is 0 Å². The van der Waals surface area contributed by atoms with Crippen molar-refractivity contribution >= 4 is 10.1 Å². The van der Waals surface area contributed by atoms with Crippen molar-refractivity contribution in [1.29, 1.82) is 0 Å². The zero-order chi connectivity index (χ0) is 12.4. The molecule has 0 aromatic heterocycles. The summed E-state index contributed by atoms with van der Waals surface area (Å²) in [6, 6.07) is 7.09. The second kappa shape index (κ2) is 4.29. The molecule has 0 saturated heterocycles. The Kier molecular flexibility index (Phi) is 3.43. The summed E-state index contributed by atoms with van der Waals surface area (Å²) in [4.78, 5) is 0. The topological polar surface area (TPSA) is 43.4 Å². The first-order valence-electron chi connectivity index (χ1n) is 4.93. The minimum atomic E-state index is -3.69. The van der Waals surface area contributed by atoms with Gasteiger partial charge in [0.25, 0.3) is 0 Å². The van der Waals surface area contributed by atoms with E-state index in [2.05, 4.69) is 6.58 Å². The number of rotatable bonds is 3. The zero-order valence-electron chi connectivity index (χ0n) is 9.73. The highest BCUT2D eigenvalue weighted by Crippen LogP contribution is 2.31. The highest BCUT2D eigenvalue weighted by molar-refractivity contribution is 7.90. The predicted molar refractivity (Wildman–Crippen MR) is 64.9 cm³/mol. The Labute approximate surface area is 96.9 Å². The molecule has 1 aromatic carbocycles. The molecule has 0 fully saturated rings. The van der Waals surface area contributed by atoms with E-state index < -0.39 is 10.1 Å². The maximum atomic E-state index is 11.3. The molecule has 0 aliphatic heterocycles. The summed E-state index contributed by atoms with van der Waals surface area (Å²) in [6.45, 7) is 9.19. The van der Waals surface area contributed by atoms with Crippen molar-refractivity contribution in [2.45, 2.75) is 26.2 Å². The third kappa shape index (κ3) is 3.10. The molecule has 0 N–H and O–H groups in total. The third-order valence-corrected chi connectivity index (χ3v) is 2.93. The van der Waals surface area contributed by atoms with Crippen molar-refractivity contribution in [2.24, 2.45) is 0 Å². The molecule has 0 spiro atoms. The summed E-state index contributed by atoms with van der Waals surface area (Å²) in [6.07, 6.45) is 0. The average molecular weight is 240 g/mol. The van der Waals surface area contributed by atoms with E-state index >= 15 is 0 Å². The SMILES string of the molecule is C=CS(=O)(=O)Oc1ccccc1C(C)(C)C. The van der Waals surface area contributed by atoms with E-state index in [0.717, 1.165) is 11.0 Å². The number of benzene rings is 1. The summed E-state index contributed by atoms with van der Waals surface area (Å²) in [5, 5.41) is 0.798. The standard InChI is InChI=1S/C12H16O3S/c1-5-16(13,14)15-11-9-7-6-8-10(11)12(2,3)4/h5-9H,1H2,2-4H3. The molecule has 16 heavy (non-hydrogen) atoms. The minimum absolute atomic E-state index is 0.173. The van der Waals surface area contributed by atoms with E-state index in [0.29, 0.717) is 5.75 Å². The van der Waals surface area contributed by atoms with Crippen LogP contribution in [0.5, 0.6) is 5.75 Å². The molecule has 0 saturated carbocycles. The van der Waals surface area contributed by atoms with Gasteiger partial charge in [-0.1, -0.05) is 45.5 Å². The second-order valence-electron chi connectivity index (χ2n) is 4.49. The monoisotopic (exact) mass is 240 g/mol. The molecule has 1 aromatic rings. The highest BCUT2D eigenvalue weighted by atomic mass is 32.2. The van der Waals surface area contributed by atoms with Gasteiger partial charge in [0.2, 0.25) is 0 Å². The van der Waals surface area contributed by atoms with Crippen LogP contribution < -0.4 is 4.18 Å². The lowest BCUT2D eigenvalue weighted by Crippen LogP contribution is -2.15. The predicted octanol–water partition coefficient (Wildman–Crippen LogP) is 2.84. The molecular formula is C12H16O3S. The fourth-order valence-electron chi connectivity index (χ4n) is 1.32. The third-order valence-electron chi connectivity index (χ3n) is 2.11. The van der Waals surface area contributed by atoms with Crippen LogP contribution in [0, 0.1) is 0 Å². The van der Waals surface area contributed by atoms with Gasteiger partial charge in [-0.15, -0.1) is 0 Å². The Hall–Kier alpha value is -1.29. The first kappa shape index (κ1) is 12.8. The fourth-order valence-corrected chi connectivity index (χ4v) is 1.78. The Bertz CT molecular complexity index is 481. The maximum Gasteiger partial charge on any atom is 0.331 e. The molecule has 0 bridgehead atoms. The lowest BCUT2D eigenvalue weighted by atomic mass is 9.86. The normalized spacial score (nSPS) is 12.2. The zero-order valence-corrected chi connectivity index (χ0v) is 10.5. The summed E-state index contributed by atoms with van der Waals surface area (Å²) >= 11 is 0. The number of hydrogen-bond acceptors (Lipinski definition) is 3. The Morgan fingerprint density at radius 2 is 1.81 bits per heavy atom. The molecule has 0 aliphatic rings.